The molecule has 1 aliphatic rings. The van der Waals surface area contributed by atoms with E-state index >= 15 is 0 Å². The summed E-state index contributed by atoms with van der Waals surface area (Å²) in [4.78, 5) is 16.5. The van der Waals surface area contributed by atoms with Gasteiger partial charge in [-0.15, -0.1) is 0 Å². The minimum absolute atomic E-state index is 0.0591. The standard InChI is InChI=1S/C32H33NO.C4H9NO/c1-25(23-26-13-7-4-8-14-26)32(33(2)3,30-17-11-6-12-18-30)31(34)29-21-19-28(20-22-29)24-27-15-9-5-10-16-27;1-3-6-4-2-5-1/h4-22,25H,23-24H2,1-3H3;5H,1-4H2. The predicted octanol–water partition coefficient (Wildman–Crippen LogP) is 6.40. The second-order valence-electron chi connectivity index (χ2n) is 10.7. The number of carbonyl (C=O) groups is 1. The fourth-order valence-electron chi connectivity index (χ4n) is 5.69. The SMILES string of the molecule is C1COCCN1.CC(Cc1ccccc1)C(C(=O)c1ccc(Cc2ccccc2)cc1)(c1ccccc1)N(C)C. The highest BCUT2D eigenvalue weighted by Crippen LogP contribution is 2.40. The van der Waals surface area contributed by atoms with Gasteiger partial charge in [0.05, 0.1) is 13.2 Å². The first kappa shape index (κ1) is 29.4. The smallest absolute Gasteiger partial charge is 0.187 e. The van der Waals surface area contributed by atoms with Crippen molar-refractivity contribution in [1.82, 2.24) is 10.2 Å². The van der Waals surface area contributed by atoms with Gasteiger partial charge in [-0.2, -0.15) is 0 Å². The van der Waals surface area contributed by atoms with Crippen LogP contribution in [0.25, 0.3) is 0 Å². The Morgan fingerprint density at radius 2 is 1.25 bits per heavy atom. The third-order valence-electron chi connectivity index (χ3n) is 7.68. The normalized spacial score (nSPS) is 15.4. The Morgan fingerprint density at radius 3 is 1.73 bits per heavy atom. The minimum Gasteiger partial charge on any atom is -0.379 e. The molecule has 0 bridgehead atoms. The van der Waals surface area contributed by atoms with Gasteiger partial charge in [0.25, 0.3) is 0 Å². The molecule has 0 amide bonds. The summed E-state index contributed by atoms with van der Waals surface area (Å²) in [6.45, 7) is 6.03. The molecule has 0 aromatic heterocycles. The molecule has 0 aliphatic carbocycles. The Hall–Kier alpha value is -3.57. The van der Waals surface area contributed by atoms with Crippen molar-refractivity contribution >= 4 is 5.78 Å². The molecule has 0 saturated carbocycles. The van der Waals surface area contributed by atoms with Crippen LogP contribution in [0.5, 0.6) is 0 Å². The summed E-state index contributed by atoms with van der Waals surface area (Å²) in [7, 11) is 4.05. The first-order valence-electron chi connectivity index (χ1n) is 14.2. The van der Waals surface area contributed by atoms with E-state index in [9.17, 15) is 4.79 Å². The van der Waals surface area contributed by atoms with E-state index in [1.54, 1.807) is 0 Å². The number of benzene rings is 4. The van der Waals surface area contributed by atoms with Crippen molar-refractivity contribution in [3.05, 3.63) is 143 Å². The van der Waals surface area contributed by atoms with E-state index < -0.39 is 5.54 Å². The van der Waals surface area contributed by atoms with E-state index in [-0.39, 0.29) is 11.7 Å². The van der Waals surface area contributed by atoms with Crippen molar-refractivity contribution in [3.63, 3.8) is 0 Å². The Morgan fingerprint density at radius 1 is 0.750 bits per heavy atom. The van der Waals surface area contributed by atoms with Crippen LogP contribution in [0.3, 0.4) is 0 Å². The van der Waals surface area contributed by atoms with Crippen LogP contribution in [0.15, 0.2) is 115 Å². The molecule has 1 fully saturated rings. The third kappa shape index (κ3) is 7.33. The highest BCUT2D eigenvalue weighted by molar-refractivity contribution is 6.04. The van der Waals surface area contributed by atoms with Gasteiger partial charge in [-0.25, -0.2) is 0 Å². The van der Waals surface area contributed by atoms with Gasteiger partial charge in [0, 0.05) is 18.7 Å². The van der Waals surface area contributed by atoms with Crippen LogP contribution in [0.2, 0.25) is 0 Å². The molecule has 2 unspecified atom stereocenters. The molecular formula is C36H42N2O2. The molecule has 4 nitrogen and oxygen atoms in total. The summed E-state index contributed by atoms with van der Waals surface area (Å²) in [5.41, 5.74) is 4.71. The van der Waals surface area contributed by atoms with Gasteiger partial charge < -0.3 is 10.1 Å². The zero-order valence-electron chi connectivity index (χ0n) is 24.1. The van der Waals surface area contributed by atoms with Crippen LogP contribution in [0.1, 0.15) is 39.5 Å². The number of carbonyl (C=O) groups excluding carboxylic acids is 1. The van der Waals surface area contributed by atoms with Gasteiger partial charge in [-0.1, -0.05) is 122 Å². The quantitative estimate of drug-likeness (QED) is 0.252. The number of morpholine rings is 1. The van der Waals surface area contributed by atoms with E-state index in [4.69, 9.17) is 4.74 Å². The second kappa shape index (κ2) is 14.7. The van der Waals surface area contributed by atoms with E-state index in [0.29, 0.717) is 0 Å². The molecule has 4 aromatic rings. The molecule has 1 aliphatic heterocycles. The predicted molar refractivity (Wildman–Crippen MR) is 165 cm³/mol. The first-order chi connectivity index (χ1) is 19.5. The van der Waals surface area contributed by atoms with Crippen LogP contribution in [0, 0.1) is 5.92 Å². The zero-order valence-corrected chi connectivity index (χ0v) is 24.1. The molecule has 5 rings (SSSR count). The molecule has 2 atom stereocenters. The Bertz CT molecular complexity index is 1280. The Balaban J connectivity index is 0.000000546. The molecule has 1 saturated heterocycles. The van der Waals surface area contributed by atoms with Crippen molar-refractivity contribution in [2.24, 2.45) is 5.92 Å². The third-order valence-corrected chi connectivity index (χ3v) is 7.68. The van der Waals surface area contributed by atoms with Gasteiger partial charge in [0.15, 0.2) is 5.78 Å². The molecule has 4 aromatic carbocycles. The van der Waals surface area contributed by atoms with Crippen molar-refractivity contribution in [2.45, 2.75) is 25.3 Å². The van der Waals surface area contributed by atoms with Gasteiger partial charge in [-0.3, -0.25) is 9.69 Å². The minimum atomic E-state index is -0.780. The molecular weight excluding hydrogens is 492 g/mol. The van der Waals surface area contributed by atoms with Crippen LogP contribution < -0.4 is 5.32 Å². The van der Waals surface area contributed by atoms with Crippen molar-refractivity contribution in [1.29, 1.82) is 0 Å². The van der Waals surface area contributed by atoms with E-state index in [1.807, 2.05) is 56.6 Å². The molecule has 1 heterocycles. The number of ether oxygens (including phenoxy) is 1. The maximum atomic E-state index is 14.4. The number of nitrogens with one attached hydrogen (secondary N) is 1. The average Bonchev–Trinajstić information content (AvgIpc) is 3.00. The van der Waals surface area contributed by atoms with Crippen LogP contribution >= 0.6 is 0 Å². The number of likely N-dealkylation sites (N-methyl/N-ethyl adjacent to an activating group) is 1. The lowest BCUT2D eigenvalue weighted by molar-refractivity contribution is 0.0498. The first-order valence-corrected chi connectivity index (χ1v) is 14.2. The van der Waals surface area contributed by atoms with Crippen LogP contribution in [-0.4, -0.2) is 51.1 Å². The van der Waals surface area contributed by atoms with Gasteiger partial charge >= 0.3 is 0 Å². The zero-order chi connectivity index (χ0) is 28.2. The fourth-order valence-corrected chi connectivity index (χ4v) is 5.69. The lowest BCUT2D eigenvalue weighted by Crippen LogP contribution is -2.53. The molecule has 4 heteroatoms. The topological polar surface area (TPSA) is 41.6 Å². The van der Waals surface area contributed by atoms with Crippen molar-refractivity contribution < 1.29 is 9.53 Å². The summed E-state index contributed by atoms with van der Waals surface area (Å²) >= 11 is 0. The van der Waals surface area contributed by atoms with Gasteiger partial charge in [0.1, 0.15) is 5.54 Å². The number of ketones is 1. The van der Waals surface area contributed by atoms with Crippen molar-refractivity contribution in [2.75, 3.05) is 40.4 Å². The summed E-state index contributed by atoms with van der Waals surface area (Å²) in [5, 5.41) is 3.16. The van der Waals surface area contributed by atoms with E-state index in [0.717, 1.165) is 50.3 Å². The summed E-state index contributed by atoms with van der Waals surface area (Å²) in [6, 6.07) is 39.3. The van der Waals surface area contributed by atoms with E-state index in [2.05, 4.69) is 89.9 Å². The fraction of sp³-hybridized carbons (Fsp3) is 0.306. The monoisotopic (exact) mass is 534 g/mol. The van der Waals surface area contributed by atoms with Gasteiger partial charge in [0.2, 0.25) is 0 Å². The number of Topliss-reactive ketones (excluding diaryl/α,β-unsaturated/α-hetero) is 1. The van der Waals surface area contributed by atoms with Crippen LogP contribution in [0.4, 0.5) is 0 Å². The Kier molecular flexibility index (Phi) is 10.8. The largest absolute Gasteiger partial charge is 0.379 e. The number of nitrogens with zero attached hydrogens (tertiary/aromatic N) is 1. The second-order valence-corrected chi connectivity index (χ2v) is 10.7. The highest BCUT2D eigenvalue weighted by atomic mass is 16.5. The maximum Gasteiger partial charge on any atom is 0.187 e. The summed E-state index contributed by atoms with van der Waals surface area (Å²) in [5.74, 6) is 0.196. The summed E-state index contributed by atoms with van der Waals surface area (Å²) < 4.78 is 5.01. The lowest BCUT2D eigenvalue weighted by atomic mass is 9.70. The van der Waals surface area contributed by atoms with E-state index in [1.165, 1.54) is 16.7 Å². The van der Waals surface area contributed by atoms with Crippen LogP contribution in [-0.2, 0) is 23.1 Å². The highest BCUT2D eigenvalue weighted by Gasteiger charge is 2.47. The molecule has 1 N–H and O–H groups in total. The number of rotatable bonds is 9. The molecule has 0 spiro atoms. The number of hydrogen-bond donors (Lipinski definition) is 1. The average molecular weight is 535 g/mol. The number of hydrogen-bond acceptors (Lipinski definition) is 4. The molecule has 0 radical (unpaired) electrons. The lowest BCUT2D eigenvalue weighted by Gasteiger charge is -2.44. The maximum absolute atomic E-state index is 14.4. The molecule has 40 heavy (non-hydrogen) atoms. The van der Waals surface area contributed by atoms with Gasteiger partial charge in [-0.05, 0) is 55.1 Å². The summed E-state index contributed by atoms with van der Waals surface area (Å²) in [6.07, 6.45) is 1.67. The molecule has 208 valence electrons. The van der Waals surface area contributed by atoms with Crippen molar-refractivity contribution in [3.8, 4) is 0 Å². The Labute approximate surface area is 240 Å².